The molecule has 3 aromatic rings. The van der Waals surface area contributed by atoms with Gasteiger partial charge in [0.2, 0.25) is 0 Å². The summed E-state index contributed by atoms with van der Waals surface area (Å²) in [6.45, 7) is 0. The highest BCUT2D eigenvalue weighted by atomic mass is 16.5. The Labute approximate surface area is 134 Å². The van der Waals surface area contributed by atoms with Gasteiger partial charge in [-0.2, -0.15) is 10.5 Å². The molecule has 0 bridgehead atoms. The lowest BCUT2D eigenvalue weighted by Crippen LogP contribution is -1.84. The molecule has 0 saturated heterocycles. The summed E-state index contributed by atoms with van der Waals surface area (Å²) in [5, 5.41) is 19.7. The topological polar surface area (TPSA) is 56.8 Å². The molecule has 0 heterocycles. The van der Waals surface area contributed by atoms with Gasteiger partial charge < -0.3 is 4.74 Å². The molecule has 0 aromatic heterocycles. The fourth-order valence-corrected chi connectivity index (χ4v) is 2.28. The molecule has 0 saturated carbocycles. The predicted molar refractivity (Wildman–Crippen MR) is 89.7 cm³/mol. The van der Waals surface area contributed by atoms with Gasteiger partial charge in [-0.05, 0) is 52.7 Å². The number of fused-ring (bicyclic) bond motifs is 1. The van der Waals surface area contributed by atoms with Crippen molar-refractivity contribution < 1.29 is 4.74 Å². The van der Waals surface area contributed by atoms with E-state index in [2.05, 4.69) is 0 Å². The van der Waals surface area contributed by atoms with Crippen LogP contribution >= 0.6 is 0 Å². The maximum atomic E-state index is 8.82. The average Bonchev–Trinajstić information content (AvgIpc) is 2.60. The molecular formula is C20H12N2O. The highest BCUT2D eigenvalue weighted by Crippen LogP contribution is 2.26. The molecule has 0 N–H and O–H groups in total. The van der Waals surface area contributed by atoms with Gasteiger partial charge in [-0.15, -0.1) is 0 Å². The molecule has 0 radical (unpaired) electrons. The number of nitrogens with zero attached hydrogens (tertiary/aromatic N) is 2. The van der Waals surface area contributed by atoms with Crippen LogP contribution in [-0.4, -0.2) is 0 Å². The van der Waals surface area contributed by atoms with Crippen LogP contribution in [-0.2, 0) is 0 Å². The highest BCUT2D eigenvalue weighted by molar-refractivity contribution is 5.86. The first kappa shape index (κ1) is 14.4. The predicted octanol–water partition coefficient (Wildman–Crippen LogP) is 5.06. The third-order valence-corrected chi connectivity index (χ3v) is 3.37. The van der Waals surface area contributed by atoms with Gasteiger partial charge in [0.05, 0.1) is 0 Å². The minimum Gasteiger partial charge on any atom is -0.457 e. The minimum atomic E-state index is 0.0911. The molecule has 0 amide bonds. The maximum Gasteiger partial charge on any atom is 0.130 e. The molecule has 0 spiro atoms. The Balaban J connectivity index is 1.92. The van der Waals surface area contributed by atoms with Crippen molar-refractivity contribution in [2.45, 2.75) is 0 Å². The molecule has 3 rings (SSSR count). The standard InChI is InChI=1S/C20H12N2O/c21-13-16(14-22)10-15-6-7-18-12-20(9-8-17(18)11-15)23-19-4-2-1-3-5-19/h1-12H. The molecule has 0 fully saturated rings. The number of nitriles is 2. The lowest BCUT2D eigenvalue weighted by molar-refractivity contribution is 0.483. The van der Waals surface area contributed by atoms with Crippen molar-refractivity contribution in [3.63, 3.8) is 0 Å². The Morgan fingerprint density at radius 2 is 1.48 bits per heavy atom. The third-order valence-electron chi connectivity index (χ3n) is 3.37. The molecule has 3 aromatic carbocycles. The van der Waals surface area contributed by atoms with E-state index in [4.69, 9.17) is 15.3 Å². The molecule has 3 heteroatoms. The molecule has 0 aliphatic carbocycles. The summed E-state index contributed by atoms with van der Waals surface area (Å²) < 4.78 is 5.82. The first-order valence-electron chi connectivity index (χ1n) is 7.07. The Morgan fingerprint density at radius 3 is 2.22 bits per heavy atom. The van der Waals surface area contributed by atoms with E-state index in [0.29, 0.717) is 0 Å². The zero-order chi connectivity index (χ0) is 16.1. The fraction of sp³-hybridized carbons (Fsp3) is 0. The average molecular weight is 296 g/mol. The van der Waals surface area contributed by atoms with Gasteiger partial charge in [-0.1, -0.05) is 36.4 Å². The van der Waals surface area contributed by atoms with Gasteiger partial charge in [-0.3, -0.25) is 0 Å². The Bertz CT molecular complexity index is 944. The minimum absolute atomic E-state index is 0.0911. The molecular weight excluding hydrogens is 284 g/mol. The summed E-state index contributed by atoms with van der Waals surface area (Å²) in [6.07, 6.45) is 1.58. The largest absolute Gasteiger partial charge is 0.457 e. The van der Waals surface area contributed by atoms with E-state index in [-0.39, 0.29) is 5.57 Å². The number of rotatable bonds is 3. The van der Waals surface area contributed by atoms with Crippen molar-refractivity contribution in [2.75, 3.05) is 0 Å². The SMILES string of the molecule is N#CC(C#N)=Cc1ccc2cc(Oc3ccccc3)ccc2c1. The number of para-hydroxylation sites is 1. The van der Waals surface area contributed by atoms with Crippen LogP contribution in [0.15, 0.2) is 72.3 Å². The van der Waals surface area contributed by atoms with E-state index < -0.39 is 0 Å². The van der Waals surface area contributed by atoms with Crippen molar-refractivity contribution in [1.82, 2.24) is 0 Å². The molecule has 0 aliphatic rings. The van der Waals surface area contributed by atoms with E-state index in [1.807, 2.05) is 78.9 Å². The van der Waals surface area contributed by atoms with E-state index in [9.17, 15) is 0 Å². The van der Waals surface area contributed by atoms with Gasteiger partial charge in [-0.25, -0.2) is 0 Å². The maximum absolute atomic E-state index is 8.82. The van der Waals surface area contributed by atoms with Crippen LogP contribution in [0.25, 0.3) is 16.8 Å². The number of hydrogen-bond acceptors (Lipinski definition) is 3. The second-order valence-corrected chi connectivity index (χ2v) is 4.97. The highest BCUT2D eigenvalue weighted by Gasteiger charge is 2.01. The summed E-state index contributed by atoms with van der Waals surface area (Å²) in [5.41, 5.74) is 0.917. The number of allylic oxidation sites excluding steroid dienone is 1. The van der Waals surface area contributed by atoms with Crippen molar-refractivity contribution >= 4 is 16.8 Å². The van der Waals surface area contributed by atoms with Crippen molar-refractivity contribution in [2.24, 2.45) is 0 Å². The summed E-state index contributed by atoms with van der Waals surface area (Å²) in [5.74, 6) is 1.56. The van der Waals surface area contributed by atoms with Crippen LogP contribution in [0.4, 0.5) is 0 Å². The summed E-state index contributed by atoms with van der Waals surface area (Å²) in [7, 11) is 0. The molecule has 0 unspecified atom stereocenters. The molecule has 3 nitrogen and oxygen atoms in total. The lowest BCUT2D eigenvalue weighted by atomic mass is 10.1. The van der Waals surface area contributed by atoms with Crippen LogP contribution in [0.3, 0.4) is 0 Å². The molecule has 108 valence electrons. The van der Waals surface area contributed by atoms with E-state index in [1.165, 1.54) is 0 Å². The first-order chi connectivity index (χ1) is 11.3. The first-order valence-corrected chi connectivity index (χ1v) is 7.07. The third kappa shape index (κ3) is 3.37. The van der Waals surface area contributed by atoms with Gasteiger partial charge >= 0.3 is 0 Å². The van der Waals surface area contributed by atoms with Crippen LogP contribution in [0.2, 0.25) is 0 Å². The number of ether oxygens (including phenoxy) is 1. The summed E-state index contributed by atoms with van der Waals surface area (Å²) in [6, 6.07) is 24.9. The van der Waals surface area contributed by atoms with Crippen molar-refractivity contribution in [1.29, 1.82) is 10.5 Å². The zero-order valence-electron chi connectivity index (χ0n) is 12.2. The van der Waals surface area contributed by atoms with E-state index in [1.54, 1.807) is 6.08 Å². The second-order valence-electron chi connectivity index (χ2n) is 4.97. The normalized spacial score (nSPS) is 9.65. The monoisotopic (exact) mass is 296 g/mol. The van der Waals surface area contributed by atoms with Gasteiger partial charge in [0.15, 0.2) is 0 Å². The molecule has 0 atom stereocenters. The Morgan fingerprint density at radius 1 is 0.783 bits per heavy atom. The second kappa shape index (κ2) is 6.47. The number of hydrogen-bond donors (Lipinski definition) is 0. The molecule has 0 aliphatic heterocycles. The van der Waals surface area contributed by atoms with Gasteiger partial charge in [0.1, 0.15) is 29.2 Å². The van der Waals surface area contributed by atoms with Crippen LogP contribution in [0.5, 0.6) is 11.5 Å². The van der Waals surface area contributed by atoms with Gasteiger partial charge in [0.25, 0.3) is 0 Å². The summed E-state index contributed by atoms with van der Waals surface area (Å²) >= 11 is 0. The van der Waals surface area contributed by atoms with Crippen LogP contribution in [0, 0.1) is 22.7 Å². The quantitative estimate of drug-likeness (QED) is 0.634. The Hall–Kier alpha value is -3.56. The fourth-order valence-electron chi connectivity index (χ4n) is 2.28. The summed E-state index contributed by atoms with van der Waals surface area (Å²) in [4.78, 5) is 0. The van der Waals surface area contributed by atoms with E-state index in [0.717, 1.165) is 27.8 Å². The smallest absolute Gasteiger partial charge is 0.130 e. The zero-order valence-corrected chi connectivity index (χ0v) is 12.2. The van der Waals surface area contributed by atoms with Crippen LogP contribution < -0.4 is 4.74 Å². The van der Waals surface area contributed by atoms with Crippen LogP contribution in [0.1, 0.15) is 5.56 Å². The lowest BCUT2D eigenvalue weighted by Gasteiger charge is -2.07. The van der Waals surface area contributed by atoms with Crippen molar-refractivity contribution in [3.05, 3.63) is 77.9 Å². The number of benzene rings is 3. The van der Waals surface area contributed by atoms with Gasteiger partial charge in [0, 0.05) is 0 Å². The Kier molecular flexibility index (Phi) is 4.05. The molecule has 23 heavy (non-hydrogen) atoms. The van der Waals surface area contributed by atoms with Crippen molar-refractivity contribution in [3.8, 4) is 23.6 Å². The van der Waals surface area contributed by atoms with E-state index >= 15 is 0 Å².